The number of nitrogens with one attached hydrogen (secondary N) is 1. The highest BCUT2D eigenvalue weighted by Crippen LogP contribution is 2.28. The van der Waals surface area contributed by atoms with Crippen LogP contribution in [-0.4, -0.2) is 28.3 Å². The van der Waals surface area contributed by atoms with E-state index in [0.717, 1.165) is 18.5 Å². The number of carbonyl (C=O) groups is 1. The first-order valence-corrected chi connectivity index (χ1v) is 9.85. The van der Waals surface area contributed by atoms with Gasteiger partial charge in [0.25, 0.3) is 5.91 Å². The number of rotatable bonds is 10. The molecule has 2 rings (SSSR count). The Bertz CT molecular complexity index is 874. The summed E-state index contributed by atoms with van der Waals surface area (Å²) in [5.41, 5.74) is 0.321. The highest BCUT2D eigenvalue weighted by molar-refractivity contribution is 6.34. The number of unbranched alkanes of at least 4 members (excludes halogenated alkanes) is 1. The van der Waals surface area contributed by atoms with Gasteiger partial charge < -0.3 is 5.32 Å². The molecule has 0 aliphatic rings. The Morgan fingerprint density at radius 1 is 1.00 bits per heavy atom. The first-order valence-electron chi connectivity index (χ1n) is 9.48. The summed E-state index contributed by atoms with van der Waals surface area (Å²) < 4.78 is 78.5. The van der Waals surface area contributed by atoms with Gasteiger partial charge in [-0.3, -0.25) is 4.79 Å². The van der Waals surface area contributed by atoms with Crippen LogP contribution in [0.15, 0.2) is 30.6 Å². The van der Waals surface area contributed by atoms with Crippen molar-refractivity contribution in [2.45, 2.75) is 50.6 Å². The van der Waals surface area contributed by atoms with E-state index in [1.807, 2.05) is 0 Å². The molecule has 0 aliphatic carbocycles. The number of carbonyl (C=O) groups excluding carboxylic acids is 1. The van der Waals surface area contributed by atoms with Gasteiger partial charge in [-0.25, -0.2) is 23.1 Å². The molecule has 31 heavy (non-hydrogen) atoms. The van der Waals surface area contributed by atoms with Gasteiger partial charge in [0.2, 0.25) is 11.7 Å². The second kappa shape index (κ2) is 10.8. The number of nitrogens with zero attached hydrogens (tertiary/aromatic N) is 2. The lowest BCUT2D eigenvalue weighted by molar-refractivity contribution is -0.145. The summed E-state index contributed by atoms with van der Waals surface area (Å²) in [6.07, 6.45) is -2.85. The topological polar surface area (TPSA) is 54.9 Å². The minimum atomic E-state index is -4.64. The molecule has 1 amide bonds. The van der Waals surface area contributed by atoms with Crippen LogP contribution in [0.25, 0.3) is 0 Å². The second-order valence-electron chi connectivity index (χ2n) is 6.94. The summed E-state index contributed by atoms with van der Waals surface area (Å²) in [4.78, 5) is 18.3. The average molecular weight is 468 g/mol. The van der Waals surface area contributed by atoms with Crippen LogP contribution in [0.1, 0.15) is 53.8 Å². The van der Waals surface area contributed by atoms with Crippen LogP contribution < -0.4 is 5.32 Å². The van der Waals surface area contributed by atoms with Gasteiger partial charge in [-0.05, 0) is 43.4 Å². The SMILES string of the molecule is O=C(NCCCCC(F)(F)CCCc1cnc(C(F)(F)F)nc1)c1cccc(F)c1Cl. The normalized spacial score (nSPS) is 12.1. The third kappa shape index (κ3) is 8.01. The maximum absolute atomic E-state index is 14.0. The Labute approximate surface area is 180 Å². The molecule has 0 saturated carbocycles. The zero-order valence-electron chi connectivity index (χ0n) is 16.3. The zero-order valence-corrected chi connectivity index (χ0v) is 17.0. The number of aromatic nitrogens is 2. The van der Waals surface area contributed by atoms with Crippen molar-refractivity contribution in [1.82, 2.24) is 15.3 Å². The number of halogens is 7. The summed E-state index contributed by atoms with van der Waals surface area (Å²) >= 11 is 5.72. The van der Waals surface area contributed by atoms with Gasteiger partial charge in [-0.15, -0.1) is 0 Å². The van der Waals surface area contributed by atoms with Crippen molar-refractivity contribution in [3.63, 3.8) is 0 Å². The van der Waals surface area contributed by atoms with E-state index in [9.17, 15) is 31.1 Å². The molecular formula is C20H20ClF6N3O. The fourth-order valence-electron chi connectivity index (χ4n) is 2.79. The second-order valence-corrected chi connectivity index (χ2v) is 7.31. The molecule has 1 heterocycles. The van der Waals surface area contributed by atoms with Crippen LogP contribution in [0.4, 0.5) is 26.3 Å². The number of hydrogen-bond donors (Lipinski definition) is 1. The van der Waals surface area contributed by atoms with Crippen molar-refractivity contribution >= 4 is 17.5 Å². The lowest BCUT2D eigenvalue weighted by Crippen LogP contribution is -2.25. The number of benzene rings is 1. The highest BCUT2D eigenvalue weighted by atomic mass is 35.5. The van der Waals surface area contributed by atoms with Gasteiger partial charge in [0.15, 0.2) is 0 Å². The molecule has 0 radical (unpaired) electrons. The largest absolute Gasteiger partial charge is 0.451 e. The van der Waals surface area contributed by atoms with Crippen molar-refractivity contribution in [3.8, 4) is 0 Å². The van der Waals surface area contributed by atoms with Gasteiger partial charge in [-0.1, -0.05) is 17.7 Å². The number of hydrogen-bond acceptors (Lipinski definition) is 3. The van der Waals surface area contributed by atoms with Gasteiger partial charge in [0, 0.05) is 31.8 Å². The Kier molecular flexibility index (Phi) is 8.67. The van der Waals surface area contributed by atoms with Crippen molar-refractivity contribution in [3.05, 3.63) is 58.4 Å². The molecule has 11 heteroatoms. The maximum atomic E-state index is 14.0. The minimum absolute atomic E-state index is 0.0285. The minimum Gasteiger partial charge on any atom is -0.352 e. The first-order chi connectivity index (χ1) is 14.5. The summed E-state index contributed by atoms with van der Waals surface area (Å²) in [6, 6.07) is 3.82. The molecular weight excluding hydrogens is 448 g/mol. The molecule has 170 valence electrons. The highest BCUT2D eigenvalue weighted by Gasteiger charge is 2.34. The van der Waals surface area contributed by atoms with E-state index in [2.05, 4.69) is 15.3 Å². The van der Waals surface area contributed by atoms with Crippen molar-refractivity contribution in [1.29, 1.82) is 0 Å². The smallest absolute Gasteiger partial charge is 0.352 e. The van der Waals surface area contributed by atoms with E-state index in [1.165, 1.54) is 12.1 Å². The number of amides is 1. The van der Waals surface area contributed by atoms with Gasteiger partial charge in [0.1, 0.15) is 5.82 Å². The van der Waals surface area contributed by atoms with Crippen LogP contribution in [0.2, 0.25) is 5.02 Å². The van der Waals surface area contributed by atoms with E-state index >= 15 is 0 Å². The van der Waals surface area contributed by atoms with E-state index < -0.39 is 42.5 Å². The monoisotopic (exact) mass is 467 g/mol. The Hall–Kier alpha value is -2.36. The first kappa shape index (κ1) is 24.9. The summed E-state index contributed by atoms with van der Waals surface area (Å²) in [5, 5.41) is 2.20. The fourth-order valence-corrected chi connectivity index (χ4v) is 3.00. The molecule has 0 spiro atoms. The summed E-state index contributed by atoms with van der Waals surface area (Å²) in [7, 11) is 0. The lowest BCUT2D eigenvalue weighted by Gasteiger charge is -2.16. The molecule has 4 nitrogen and oxygen atoms in total. The van der Waals surface area contributed by atoms with E-state index in [-0.39, 0.29) is 36.4 Å². The molecule has 0 unspecified atom stereocenters. The van der Waals surface area contributed by atoms with Gasteiger partial charge >= 0.3 is 6.18 Å². The van der Waals surface area contributed by atoms with Crippen molar-refractivity contribution in [2.75, 3.05) is 6.54 Å². The van der Waals surface area contributed by atoms with Crippen LogP contribution in [0.5, 0.6) is 0 Å². The molecule has 0 fully saturated rings. The molecule has 0 bridgehead atoms. The van der Waals surface area contributed by atoms with Crippen LogP contribution in [0.3, 0.4) is 0 Å². The summed E-state index contributed by atoms with van der Waals surface area (Å²) in [5.74, 6) is -5.52. The van der Waals surface area contributed by atoms with Crippen LogP contribution >= 0.6 is 11.6 Å². The van der Waals surface area contributed by atoms with E-state index in [1.54, 1.807) is 0 Å². The van der Waals surface area contributed by atoms with Gasteiger partial charge in [-0.2, -0.15) is 13.2 Å². The molecule has 0 atom stereocenters. The molecule has 1 aromatic carbocycles. The lowest BCUT2D eigenvalue weighted by atomic mass is 10.0. The Morgan fingerprint density at radius 3 is 2.29 bits per heavy atom. The Balaban J connectivity index is 1.66. The van der Waals surface area contributed by atoms with Crippen molar-refractivity contribution < 1.29 is 31.1 Å². The number of aryl methyl sites for hydroxylation is 1. The summed E-state index contributed by atoms with van der Waals surface area (Å²) in [6.45, 7) is 0.130. The van der Waals surface area contributed by atoms with Gasteiger partial charge in [0.05, 0.1) is 10.6 Å². The third-order valence-corrected chi connectivity index (χ3v) is 4.80. The quantitative estimate of drug-likeness (QED) is 0.352. The third-order valence-electron chi connectivity index (χ3n) is 4.42. The van der Waals surface area contributed by atoms with E-state index in [4.69, 9.17) is 11.6 Å². The maximum Gasteiger partial charge on any atom is 0.451 e. The predicted molar refractivity (Wildman–Crippen MR) is 103 cm³/mol. The fraction of sp³-hybridized carbons (Fsp3) is 0.450. The molecule has 1 N–H and O–H groups in total. The Morgan fingerprint density at radius 2 is 1.65 bits per heavy atom. The van der Waals surface area contributed by atoms with E-state index in [0.29, 0.717) is 12.0 Å². The predicted octanol–water partition coefficient (Wildman–Crippen LogP) is 5.85. The zero-order chi connectivity index (χ0) is 23.1. The van der Waals surface area contributed by atoms with Crippen LogP contribution in [-0.2, 0) is 12.6 Å². The average Bonchev–Trinajstić information content (AvgIpc) is 2.69. The molecule has 1 aromatic heterocycles. The standard InChI is InChI=1S/C20H20ClF6N3O/c21-16-14(6-3-7-15(16)22)17(31)28-10-2-1-8-19(23,24)9-4-5-13-11-29-18(30-12-13)20(25,26)27/h3,6-7,11-12H,1-2,4-5,8-10H2,(H,28,31). The number of alkyl halides is 5. The van der Waals surface area contributed by atoms with Crippen LogP contribution in [0, 0.1) is 5.82 Å². The molecule has 0 saturated heterocycles. The molecule has 2 aromatic rings. The molecule has 0 aliphatic heterocycles. The van der Waals surface area contributed by atoms with Crippen molar-refractivity contribution in [2.24, 2.45) is 0 Å².